The summed E-state index contributed by atoms with van der Waals surface area (Å²) in [5.74, 6) is -0.465. The molecule has 6 heteroatoms. The van der Waals surface area contributed by atoms with E-state index < -0.39 is 18.0 Å². The molecule has 22 heavy (non-hydrogen) atoms. The van der Waals surface area contributed by atoms with Gasteiger partial charge in [0.15, 0.2) is 11.5 Å². The van der Waals surface area contributed by atoms with Gasteiger partial charge in [-0.15, -0.1) is 0 Å². The molecule has 1 unspecified atom stereocenters. The molecule has 0 bridgehead atoms. The number of fused-ring (bicyclic) bond motifs is 1. The molecule has 3 rings (SSSR count). The zero-order chi connectivity index (χ0) is 15.7. The Kier molecular flexibility index (Phi) is 3.81. The van der Waals surface area contributed by atoms with Gasteiger partial charge in [-0.3, -0.25) is 4.79 Å². The van der Waals surface area contributed by atoms with Crippen molar-refractivity contribution in [2.24, 2.45) is 0 Å². The minimum absolute atomic E-state index is 0.204. The van der Waals surface area contributed by atoms with E-state index in [9.17, 15) is 14.0 Å². The Morgan fingerprint density at radius 2 is 2.05 bits per heavy atom. The molecule has 0 saturated carbocycles. The summed E-state index contributed by atoms with van der Waals surface area (Å²) in [6, 6.07) is 9.70. The predicted octanol–water partition coefficient (Wildman–Crippen LogP) is 3.38. The van der Waals surface area contributed by atoms with Gasteiger partial charge in [0, 0.05) is 12.0 Å². The van der Waals surface area contributed by atoms with Crippen LogP contribution in [-0.2, 0) is 6.42 Å². The zero-order valence-electron chi connectivity index (χ0n) is 11.3. The number of ketones is 1. The summed E-state index contributed by atoms with van der Waals surface area (Å²) in [7, 11) is 0. The predicted molar refractivity (Wildman–Crippen MR) is 78.8 cm³/mol. The molecule has 0 saturated heterocycles. The van der Waals surface area contributed by atoms with Gasteiger partial charge in [-0.1, -0.05) is 23.7 Å². The lowest BCUT2D eigenvalue weighted by Crippen LogP contribution is -2.40. The molecule has 1 N–H and O–H groups in total. The maximum absolute atomic E-state index is 13.2. The van der Waals surface area contributed by atoms with Gasteiger partial charge in [0.2, 0.25) is 0 Å². The molecule has 0 aromatic heterocycles. The largest absolute Gasteiger partial charge is 0.413 e. The third-order valence-electron chi connectivity index (χ3n) is 3.40. The molecule has 0 fully saturated rings. The SMILES string of the molecule is O=C(NC1Cc2cc(F)ccc2C1=O)Oc1ccccc1Cl. The number of para-hydroxylation sites is 1. The van der Waals surface area contributed by atoms with Gasteiger partial charge >= 0.3 is 6.09 Å². The highest BCUT2D eigenvalue weighted by atomic mass is 35.5. The number of hydrogen-bond donors (Lipinski definition) is 1. The van der Waals surface area contributed by atoms with Gasteiger partial charge in [-0.2, -0.15) is 0 Å². The number of amides is 1. The van der Waals surface area contributed by atoms with Crippen LogP contribution in [0.1, 0.15) is 15.9 Å². The number of carbonyl (C=O) groups excluding carboxylic acids is 2. The first-order chi connectivity index (χ1) is 10.5. The van der Waals surface area contributed by atoms with Crippen molar-refractivity contribution in [1.29, 1.82) is 0 Å². The average molecular weight is 320 g/mol. The van der Waals surface area contributed by atoms with Crippen LogP contribution in [0.4, 0.5) is 9.18 Å². The minimum Gasteiger partial charge on any atom is -0.409 e. The van der Waals surface area contributed by atoms with Gasteiger partial charge in [0.05, 0.1) is 11.1 Å². The molecule has 0 aliphatic heterocycles. The Labute approximate surface area is 130 Å². The van der Waals surface area contributed by atoms with Gasteiger partial charge < -0.3 is 10.1 Å². The smallest absolute Gasteiger partial charge is 0.409 e. The van der Waals surface area contributed by atoms with Gasteiger partial charge in [0.25, 0.3) is 0 Å². The summed E-state index contributed by atoms with van der Waals surface area (Å²) >= 11 is 5.89. The Balaban J connectivity index is 1.69. The van der Waals surface area contributed by atoms with Crippen LogP contribution in [0.2, 0.25) is 5.02 Å². The first kappa shape index (κ1) is 14.5. The van der Waals surface area contributed by atoms with E-state index in [1.54, 1.807) is 24.3 Å². The standard InChI is InChI=1S/C16H11ClFNO3/c17-12-3-1-2-4-14(12)22-16(21)19-13-8-9-7-10(18)5-6-11(9)15(13)20/h1-7,13H,8H2,(H,19,21). The Bertz CT molecular complexity index is 763. The van der Waals surface area contributed by atoms with E-state index in [1.165, 1.54) is 18.2 Å². The molecule has 2 aromatic rings. The van der Waals surface area contributed by atoms with Crippen molar-refractivity contribution in [2.75, 3.05) is 0 Å². The van der Waals surface area contributed by atoms with E-state index in [-0.39, 0.29) is 18.0 Å². The molecule has 0 spiro atoms. The zero-order valence-corrected chi connectivity index (χ0v) is 12.1. The Morgan fingerprint density at radius 3 is 2.82 bits per heavy atom. The summed E-state index contributed by atoms with van der Waals surface area (Å²) in [5.41, 5.74) is 0.998. The quantitative estimate of drug-likeness (QED) is 0.923. The van der Waals surface area contributed by atoms with Crippen LogP contribution in [-0.4, -0.2) is 17.9 Å². The highest BCUT2D eigenvalue weighted by Crippen LogP contribution is 2.25. The molecule has 112 valence electrons. The lowest BCUT2D eigenvalue weighted by Gasteiger charge is -2.11. The van der Waals surface area contributed by atoms with E-state index in [2.05, 4.69) is 5.32 Å². The fourth-order valence-electron chi connectivity index (χ4n) is 2.39. The monoisotopic (exact) mass is 319 g/mol. The fraction of sp³-hybridized carbons (Fsp3) is 0.125. The number of benzene rings is 2. The van der Waals surface area contributed by atoms with Crippen LogP contribution in [0.15, 0.2) is 42.5 Å². The second-order valence-electron chi connectivity index (χ2n) is 4.89. The number of hydrogen-bond acceptors (Lipinski definition) is 3. The van der Waals surface area contributed by atoms with Gasteiger partial charge in [-0.05, 0) is 35.9 Å². The third kappa shape index (κ3) is 2.80. The maximum atomic E-state index is 13.2. The van der Waals surface area contributed by atoms with Crippen molar-refractivity contribution < 1.29 is 18.7 Å². The lowest BCUT2D eigenvalue weighted by atomic mass is 10.1. The minimum atomic E-state index is -0.778. The normalized spacial score (nSPS) is 16.3. The van der Waals surface area contributed by atoms with E-state index in [1.807, 2.05) is 0 Å². The number of nitrogens with one attached hydrogen (secondary N) is 1. The summed E-state index contributed by atoms with van der Waals surface area (Å²) in [5, 5.41) is 2.77. The van der Waals surface area contributed by atoms with Crippen LogP contribution in [0, 0.1) is 5.82 Å². The molecule has 1 amide bonds. The maximum Gasteiger partial charge on any atom is 0.413 e. The van der Waals surface area contributed by atoms with E-state index in [0.717, 1.165) is 0 Å². The van der Waals surface area contributed by atoms with Crippen molar-refractivity contribution in [3.63, 3.8) is 0 Å². The molecular weight excluding hydrogens is 309 g/mol. The molecule has 1 aliphatic carbocycles. The van der Waals surface area contributed by atoms with Crippen LogP contribution in [0.5, 0.6) is 5.75 Å². The number of carbonyl (C=O) groups is 2. The van der Waals surface area contributed by atoms with E-state index in [4.69, 9.17) is 16.3 Å². The van der Waals surface area contributed by atoms with Crippen molar-refractivity contribution >= 4 is 23.5 Å². The summed E-state index contributed by atoms with van der Waals surface area (Å²) in [6.07, 6.45) is -0.538. The van der Waals surface area contributed by atoms with Crippen LogP contribution >= 0.6 is 11.6 Å². The first-order valence-corrected chi connectivity index (χ1v) is 6.98. The topological polar surface area (TPSA) is 55.4 Å². The Hall–Kier alpha value is -2.40. The molecular formula is C16H11ClFNO3. The number of ether oxygens (including phenoxy) is 1. The highest BCUT2D eigenvalue weighted by Gasteiger charge is 2.32. The first-order valence-electron chi connectivity index (χ1n) is 6.60. The number of rotatable bonds is 2. The summed E-state index contributed by atoms with van der Waals surface area (Å²) in [6.45, 7) is 0. The van der Waals surface area contributed by atoms with Crippen molar-refractivity contribution in [3.8, 4) is 5.75 Å². The van der Waals surface area contributed by atoms with E-state index in [0.29, 0.717) is 16.1 Å². The van der Waals surface area contributed by atoms with Crippen molar-refractivity contribution in [1.82, 2.24) is 5.32 Å². The van der Waals surface area contributed by atoms with Crippen LogP contribution < -0.4 is 10.1 Å². The molecule has 0 heterocycles. The molecule has 0 radical (unpaired) electrons. The second kappa shape index (κ2) is 5.77. The molecule has 1 atom stereocenters. The second-order valence-corrected chi connectivity index (χ2v) is 5.29. The third-order valence-corrected chi connectivity index (χ3v) is 3.72. The number of halogens is 2. The van der Waals surface area contributed by atoms with Crippen LogP contribution in [0.3, 0.4) is 0 Å². The lowest BCUT2D eigenvalue weighted by molar-refractivity contribution is 0.0954. The molecule has 1 aliphatic rings. The van der Waals surface area contributed by atoms with Crippen molar-refractivity contribution in [3.05, 3.63) is 64.4 Å². The molecule has 2 aromatic carbocycles. The van der Waals surface area contributed by atoms with Gasteiger partial charge in [-0.25, -0.2) is 9.18 Å². The Morgan fingerprint density at radius 1 is 1.27 bits per heavy atom. The average Bonchev–Trinajstić information content (AvgIpc) is 2.77. The van der Waals surface area contributed by atoms with E-state index >= 15 is 0 Å². The fourth-order valence-corrected chi connectivity index (χ4v) is 2.56. The number of Topliss-reactive ketones (excluding diaryl/α,β-unsaturated/α-hetero) is 1. The van der Waals surface area contributed by atoms with Crippen LogP contribution in [0.25, 0.3) is 0 Å². The summed E-state index contributed by atoms with van der Waals surface area (Å²) < 4.78 is 18.2. The highest BCUT2D eigenvalue weighted by molar-refractivity contribution is 6.32. The van der Waals surface area contributed by atoms with Crippen molar-refractivity contribution in [2.45, 2.75) is 12.5 Å². The summed E-state index contributed by atoms with van der Waals surface area (Å²) in [4.78, 5) is 24.0. The van der Waals surface area contributed by atoms with Gasteiger partial charge in [0.1, 0.15) is 5.82 Å². The molecule has 4 nitrogen and oxygen atoms in total.